The molecule has 1 fully saturated rings. The molecule has 3 aromatic heterocycles. The number of aromatic nitrogens is 5. The highest BCUT2D eigenvalue weighted by molar-refractivity contribution is 7.80. The van der Waals surface area contributed by atoms with Gasteiger partial charge in [0.15, 0.2) is 5.11 Å². The average molecular weight is 505 g/mol. The number of hydrogen-bond donors (Lipinski definition) is 2. The summed E-state index contributed by atoms with van der Waals surface area (Å²) in [6, 6.07) is 13.2. The molecule has 1 aliphatic heterocycles. The highest BCUT2D eigenvalue weighted by Crippen LogP contribution is 2.40. The Labute approximate surface area is 212 Å². The largest absolute Gasteiger partial charge is 0.352 e. The highest BCUT2D eigenvalue weighted by atomic mass is 32.1. The Bertz CT molecular complexity index is 1370. The van der Waals surface area contributed by atoms with Gasteiger partial charge in [0, 0.05) is 41.8 Å². The van der Waals surface area contributed by atoms with Crippen LogP contribution in [0.3, 0.4) is 0 Å². The van der Waals surface area contributed by atoms with Crippen LogP contribution in [0.1, 0.15) is 41.1 Å². The maximum absolute atomic E-state index is 13.2. The first-order valence-corrected chi connectivity index (χ1v) is 11.9. The van der Waals surface area contributed by atoms with Crippen LogP contribution >= 0.6 is 12.2 Å². The van der Waals surface area contributed by atoms with Gasteiger partial charge >= 0.3 is 0 Å². The van der Waals surface area contributed by atoms with Crippen molar-refractivity contribution in [3.63, 3.8) is 0 Å². The smallest absolute Gasteiger partial charge is 0.226 e. The van der Waals surface area contributed by atoms with Crippen molar-refractivity contribution in [1.29, 1.82) is 0 Å². The van der Waals surface area contributed by atoms with E-state index in [-0.39, 0.29) is 30.2 Å². The molecule has 0 unspecified atom stereocenters. The molecule has 0 spiro atoms. The number of aryl methyl sites for hydroxylation is 1. The van der Waals surface area contributed by atoms with E-state index in [1.807, 2.05) is 46.3 Å². The normalized spacial score (nSPS) is 17.3. The van der Waals surface area contributed by atoms with Crippen molar-refractivity contribution in [3.8, 4) is 0 Å². The molecule has 2 atom stereocenters. The van der Waals surface area contributed by atoms with Crippen molar-refractivity contribution in [1.82, 2.24) is 34.8 Å². The maximum atomic E-state index is 13.2. The van der Waals surface area contributed by atoms with Crippen LogP contribution in [0.25, 0.3) is 0 Å². The third-order valence-electron chi connectivity index (χ3n) is 6.30. The zero-order chi connectivity index (χ0) is 25.2. The fourth-order valence-electron chi connectivity index (χ4n) is 4.69. The fraction of sp³-hybridized carbons (Fsp3) is 0.240. The number of amides is 1. The molecule has 4 heterocycles. The lowest BCUT2D eigenvalue weighted by molar-refractivity contribution is -0.116. The van der Waals surface area contributed by atoms with Crippen molar-refractivity contribution in [3.05, 3.63) is 95.8 Å². The fourth-order valence-corrected chi connectivity index (χ4v) is 5.03. The number of nitrogens with one attached hydrogen (secondary N) is 2. The molecule has 0 saturated carbocycles. The first-order valence-electron chi connectivity index (χ1n) is 11.5. The summed E-state index contributed by atoms with van der Waals surface area (Å²) in [7, 11) is 0. The molecule has 184 valence electrons. The summed E-state index contributed by atoms with van der Waals surface area (Å²) < 4.78 is 17.1. The number of halogens is 1. The summed E-state index contributed by atoms with van der Waals surface area (Å²) >= 11 is 5.73. The molecular weight excluding hydrogens is 479 g/mol. The van der Waals surface area contributed by atoms with Gasteiger partial charge in [-0.15, -0.1) is 10.2 Å². The summed E-state index contributed by atoms with van der Waals surface area (Å²) in [5.41, 5.74) is 4.48. The Hall–Kier alpha value is -4.12. The second kappa shape index (κ2) is 9.86. The summed E-state index contributed by atoms with van der Waals surface area (Å²) in [5, 5.41) is 14.7. The van der Waals surface area contributed by atoms with Crippen molar-refractivity contribution >= 4 is 28.9 Å². The van der Waals surface area contributed by atoms with Crippen LogP contribution < -0.4 is 10.6 Å². The number of nitrogens with zero attached hydrogens (tertiary/aromatic N) is 6. The Kier molecular flexibility index (Phi) is 6.47. The third kappa shape index (κ3) is 4.57. The zero-order valence-electron chi connectivity index (χ0n) is 19.8. The zero-order valence-corrected chi connectivity index (χ0v) is 20.6. The van der Waals surface area contributed by atoms with Crippen molar-refractivity contribution in [2.24, 2.45) is 0 Å². The molecule has 1 aromatic carbocycles. The number of carbonyl (C=O) groups is 1. The van der Waals surface area contributed by atoms with Crippen LogP contribution in [0.4, 0.5) is 10.1 Å². The number of rotatable bonds is 7. The molecule has 11 heteroatoms. The van der Waals surface area contributed by atoms with E-state index in [4.69, 9.17) is 12.2 Å². The summed E-state index contributed by atoms with van der Waals surface area (Å²) in [4.78, 5) is 19.3. The summed E-state index contributed by atoms with van der Waals surface area (Å²) in [6.07, 6.45) is 5.26. The molecule has 0 bridgehead atoms. The van der Waals surface area contributed by atoms with E-state index < -0.39 is 0 Å². The SMILES string of the molecule is Cc1cc([C@@H]2[C@H](c3ccccn3)NC(=S)N2CCC(=O)Nc2ccc(F)cc2)c(C)n1-n1cnnc1. The first kappa shape index (κ1) is 23.6. The monoisotopic (exact) mass is 504 g/mol. The number of anilines is 1. The summed E-state index contributed by atoms with van der Waals surface area (Å²) in [5.74, 6) is -0.534. The van der Waals surface area contributed by atoms with Crippen LogP contribution in [-0.4, -0.2) is 47.0 Å². The Morgan fingerprint density at radius 2 is 1.89 bits per heavy atom. The minimum atomic E-state index is -0.353. The predicted octanol–water partition coefficient (Wildman–Crippen LogP) is 3.54. The van der Waals surface area contributed by atoms with Crippen molar-refractivity contribution in [2.75, 3.05) is 11.9 Å². The van der Waals surface area contributed by atoms with Gasteiger partial charge in [-0.3, -0.25) is 14.5 Å². The van der Waals surface area contributed by atoms with E-state index in [0.717, 1.165) is 22.6 Å². The van der Waals surface area contributed by atoms with E-state index in [0.29, 0.717) is 17.3 Å². The second-order valence-corrected chi connectivity index (χ2v) is 8.99. The van der Waals surface area contributed by atoms with Gasteiger partial charge in [-0.25, -0.2) is 9.07 Å². The summed E-state index contributed by atoms with van der Waals surface area (Å²) in [6.45, 7) is 4.45. The highest BCUT2D eigenvalue weighted by Gasteiger charge is 2.41. The lowest BCUT2D eigenvalue weighted by Crippen LogP contribution is -2.33. The molecule has 4 aromatic rings. The van der Waals surface area contributed by atoms with Crippen LogP contribution in [0, 0.1) is 19.7 Å². The Balaban J connectivity index is 1.44. The number of benzene rings is 1. The van der Waals surface area contributed by atoms with Gasteiger partial charge in [-0.2, -0.15) is 0 Å². The third-order valence-corrected chi connectivity index (χ3v) is 6.65. The van der Waals surface area contributed by atoms with Gasteiger partial charge in [0.2, 0.25) is 5.91 Å². The molecule has 0 radical (unpaired) electrons. The van der Waals surface area contributed by atoms with Gasteiger partial charge in [0.1, 0.15) is 18.5 Å². The molecule has 2 N–H and O–H groups in total. The van der Waals surface area contributed by atoms with E-state index in [2.05, 4.69) is 31.9 Å². The van der Waals surface area contributed by atoms with Gasteiger partial charge in [-0.05, 0) is 68.5 Å². The number of pyridine rings is 1. The lowest BCUT2D eigenvalue weighted by atomic mass is 9.96. The molecule has 36 heavy (non-hydrogen) atoms. The first-order chi connectivity index (χ1) is 17.4. The van der Waals surface area contributed by atoms with Crippen molar-refractivity contribution < 1.29 is 9.18 Å². The second-order valence-electron chi connectivity index (χ2n) is 8.61. The molecule has 0 aliphatic carbocycles. The molecule has 5 rings (SSSR count). The molecule has 1 amide bonds. The van der Waals surface area contributed by atoms with Crippen molar-refractivity contribution in [2.45, 2.75) is 32.4 Å². The molecule has 1 saturated heterocycles. The minimum Gasteiger partial charge on any atom is -0.352 e. The van der Waals surface area contributed by atoms with E-state index in [9.17, 15) is 9.18 Å². The number of hydrogen-bond acceptors (Lipinski definition) is 5. The van der Waals surface area contributed by atoms with Crippen LogP contribution in [-0.2, 0) is 4.79 Å². The van der Waals surface area contributed by atoms with E-state index >= 15 is 0 Å². The molecule has 9 nitrogen and oxygen atoms in total. The maximum Gasteiger partial charge on any atom is 0.226 e. The Morgan fingerprint density at radius 1 is 1.14 bits per heavy atom. The number of carbonyl (C=O) groups excluding carboxylic acids is 1. The lowest BCUT2D eigenvalue weighted by Gasteiger charge is -2.28. The van der Waals surface area contributed by atoms with E-state index in [1.165, 1.54) is 24.3 Å². The quantitative estimate of drug-likeness (QED) is 0.372. The van der Waals surface area contributed by atoms with E-state index in [1.54, 1.807) is 18.9 Å². The standard InChI is InChI=1S/C25H25FN8OS/c1-16-13-20(17(2)34(16)32-14-28-29-15-32)24-23(21-5-3-4-11-27-21)31-25(36)33(24)12-10-22(35)30-19-8-6-18(26)7-9-19/h3-9,11,13-15,23-24H,10,12H2,1-2H3,(H,30,35)(H,31,36)/t23-,24+/m0/s1. The van der Waals surface area contributed by atoms with Gasteiger partial charge in [0.25, 0.3) is 0 Å². The Morgan fingerprint density at radius 3 is 2.58 bits per heavy atom. The van der Waals surface area contributed by atoms with Crippen LogP contribution in [0.2, 0.25) is 0 Å². The topological polar surface area (TPSA) is 92.9 Å². The predicted molar refractivity (Wildman–Crippen MR) is 137 cm³/mol. The average Bonchev–Trinajstić information content (AvgIpc) is 3.58. The number of thiocarbonyl (C=S) groups is 1. The van der Waals surface area contributed by atoms with Crippen LogP contribution in [0.15, 0.2) is 67.4 Å². The van der Waals surface area contributed by atoms with Gasteiger partial charge in [0.05, 0.1) is 17.8 Å². The van der Waals surface area contributed by atoms with Gasteiger partial charge < -0.3 is 15.5 Å². The minimum absolute atomic E-state index is 0.181. The molecular formula is C25H25FN8OS. The molecule has 1 aliphatic rings. The van der Waals surface area contributed by atoms with Crippen LogP contribution in [0.5, 0.6) is 0 Å². The van der Waals surface area contributed by atoms with Gasteiger partial charge in [-0.1, -0.05) is 6.07 Å².